The zero-order valence-electron chi connectivity index (χ0n) is 10.8. The lowest BCUT2D eigenvalue weighted by Gasteiger charge is -2.09. The first kappa shape index (κ1) is 14.5. The van der Waals surface area contributed by atoms with Gasteiger partial charge in [-0.15, -0.1) is 0 Å². The van der Waals surface area contributed by atoms with Crippen molar-refractivity contribution in [3.8, 4) is 0 Å². The second kappa shape index (κ2) is 6.52. The van der Waals surface area contributed by atoms with Crippen LogP contribution in [0.1, 0.15) is 29.6 Å². The van der Waals surface area contributed by atoms with Gasteiger partial charge in [0.15, 0.2) is 5.78 Å². The van der Waals surface area contributed by atoms with Crippen LogP contribution in [0.3, 0.4) is 0 Å². The second-order valence-corrected chi connectivity index (χ2v) is 5.14. The molecule has 2 amide bonds. The van der Waals surface area contributed by atoms with Gasteiger partial charge in [-0.05, 0) is 24.3 Å². The van der Waals surface area contributed by atoms with Gasteiger partial charge in [0, 0.05) is 36.4 Å². The van der Waals surface area contributed by atoms with E-state index in [-0.39, 0.29) is 36.5 Å². The number of ketones is 1. The number of carbonyl (C=O) groups excluding carboxylic acids is 3. The first-order valence-corrected chi connectivity index (χ1v) is 6.77. The fourth-order valence-corrected chi connectivity index (χ4v) is 2.14. The fourth-order valence-electron chi connectivity index (χ4n) is 2.01. The van der Waals surface area contributed by atoms with Gasteiger partial charge in [0.2, 0.25) is 11.8 Å². The molecule has 106 valence electrons. The van der Waals surface area contributed by atoms with E-state index < -0.39 is 0 Å². The van der Waals surface area contributed by atoms with E-state index in [1.165, 1.54) is 0 Å². The van der Waals surface area contributed by atoms with E-state index >= 15 is 0 Å². The molecule has 6 heteroatoms. The first-order chi connectivity index (χ1) is 9.54. The molecule has 1 fully saturated rings. The Labute approximate surface area is 121 Å². The molecule has 1 heterocycles. The Balaban J connectivity index is 1.76. The van der Waals surface area contributed by atoms with Gasteiger partial charge in [0.25, 0.3) is 0 Å². The lowest BCUT2D eigenvalue weighted by Crippen LogP contribution is -2.36. The summed E-state index contributed by atoms with van der Waals surface area (Å²) in [4.78, 5) is 34.5. The lowest BCUT2D eigenvalue weighted by atomic mass is 10.1. The zero-order chi connectivity index (χ0) is 14.5. The minimum absolute atomic E-state index is 0.0625. The highest BCUT2D eigenvalue weighted by Crippen LogP contribution is 2.12. The summed E-state index contributed by atoms with van der Waals surface area (Å²) in [7, 11) is 0. The van der Waals surface area contributed by atoms with E-state index in [9.17, 15) is 14.4 Å². The molecule has 0 saturated carbocycles. The predicted molar refractivity (Wildman–Crippen MR) is 74.6 cm³/mol. The van der Waals surface area contributed by atoms with Crippen LogP contribution in [0, 0.1) is 0 Å². The van der Waals surface area contributed by atoms with Gasteiger partial charge >= 0.3 is 0 Å². The van der Waals surface area contributed by atoms with E-state index in [2.05, 4.69) is 10.6 Å². The summed E-state index contributed by atoms with van der Waals surface area (Å²) in [5.41, 5.74) is 0.542. The molecular formula is C14H15ClN2O3. The molecule has 0 radical (unpaired) electrons. The molecule has 5 nitrogen and oxygen atoms in total. The van der Waals surface area contributed by atoms with Crippen LogP contribution in [0.15, 0.2) is 24.3 Å². The summed E-state index contributed by atoms with van der Waals surface area (Å²) in [6, 6.07) is 6.40. The van der Waals surface area contributed by atoms with Crippen LogP contribution in [0.5, 0.6) is 0 Å². The number of hydrogen-bond acceptors (Lipinski definition) is 3. The molecule has 1 atom stereocenters. The SMILES string of the molecule is O=C1C[C@@H](NC(=O)CCC(=O)c2ccc(Cl)cc2)CN1. The summed E-state index contributed by atoms with van der Waals surface area (Å²) in [5.74, 6) is -0.376. The Morgan fingerprint density at radius 2 is 1.95 bits per heavy atom. The lowest BCUT2D eigenvalue weighted by molar-refractivity contribution is -0.121. The summed E-state index contributed by atoms with van der Waals surface area (Å²) >= 11 is 5.74. The number of benzene rings is 1. The largest absolute Gasteiger partial charge is 0.354 e. The molecule has 2 N–H and O–H groups in total. The minimum Gasteiger partial charge on any atom is -0.354 e. The molecule has 0 aromatic heterocycles. The molecule has 0 unspecified atom stereocenters. The maximum atomic E-state index is 11.9. The van der Waals surface area contributed by atoms with Crippen LogP contribution < -0.4 is 10.6 Å². The van der Waals surface area contributed by atoms with Gasteiger partial charge in [-0.3, -0.25) is 14.4 Å². The standard InChI is InChI=1S/C14H15ClN2O3/c15-10-3-1-9(2-4-10)12(18)5-6-13(19)17-11-7-14(20)16-8-11/h1-4,11H,5-8H2,(H,16,20)(H,17,19)/t11-/m1/s1. The van der Waals surface area contributed by atoms with Crippen molar-refractivity contribution >= 4 is 29.2 Å². The molecule has 1 aromatic carbocycles. The van der Waals surface area contributed by atoms with E-state index in [1.807, 2.05) is 0 Å². The molecule has 1 aliphatic heterocycles. The molecular weight excluding hydrogens is 280 g/mol. The van der Waals surface area contributed by atoms with Gasteiger partial charge in [0.05, 0.1) is 6.04 Å². The smallest absolute Gasteiger partial charge is 0.222 e. The van der Waals surface area contributed by atoms with E-state index in [0.29, 0.717) is 23.6 Å². The van der Waals surface area contributed by atoms with Gasteiger partial charge in [0.1, 0.15) is 0 Å². The number of nitrogens with one attached hydrogen (secondary N) is 2. The first-order valence-electron chi connectivity index (χ1n) is 6.39. The Hall–Kier alpha value is -1.88. The van der Waals surface area contributed by atoms with Gasteiger partial charge in [-0.2, -0.15) is 0 Å². The summed E-state index contributed by atoms with van der Waals surface area (Å²) < 4.78 is 0. The van der Waals surface area contributed by atoms with Crippen molar-refractivity contribution in [1.82, 2.24) is 10.6 Å². The Morgan fingerprint density at radius 1 is 1.25 bits per heavy atom. The third kappa shape index (κ3) is 4.06. The number of halogens is 1. The molecule has 1 aliphatic rings. The van der Waals surface area contributed by atoms with Crippen LogP contribution in [-0.4, -0.2) is 30.2 Å². The van der Waals surface area contributed by atoms with Crippen LogP contribution in [0.2, 0.25) is 5.02 Å². The average molecular weight is 295 g/mol. The molecule has 0 spiro atoms. The molecule has 1 saturated heterocycles. The number of Topliss-reactive ketones (excluding diaryl/α,β-unsaturated/α-hetero) is 1. The minimum atomic E-state index is -0.214. The second-order valence-electron chi connectivity index (χ2n) is 4.70. The molecule has 20 heavy (non-hydrogen) atoms. The quantitative estimate of drug-likeness (QED) is 0.804. The van der Waals surface area contributed by atoms with Crippen LogP contribution in [-0.2, 0) is 9.59 Å². The van der Waals surface area contributed by atoms with Crippen molar-refractivity contribution < 1.29 is 14.4 Å². The third-order valence-corrected chi connectivity index (χ3v) is 3.34. The van der Waals surface area contributed by atoms with E-state index in [4.69, 9.17) is 11.6 Å². The number of amides is 2. The Bertz CT molecular complexity index is 528. The predicted octanol–water partition coefficient (Wildman–Crippen LogP) is 1.31. The fraction of sp³-hybridized carbons (Fsp3) is 0.357. The number of carbonyl (C=O) groups is 3. The topological polar surface area (TPSA) is 75.3 Å². The van der Waals surface area contributed by atoms with Crippen molar-refractivity contribution in [3.63, 3.8) is 0 Å². The maximum Gasteiger partial charge on any atom is 0.222 e. The number of rotatable bonds is 5. The van der Waals surface area contributed by atoms with Crippen molar-refractivity contribution in [1.29, 1.82) is 0 Å². The maximum absolute atomic E-state index is 11.9. The van der Waals surface area contributed by atoms with Gasteiger partial charge in [-0.25, -0.2) is 0 Å². The van der Waals surface area contributed by atoms with Crippen molar-refractivity contribution in [2.75, 3.05) is 6.54 Å². The van der Waals surface area contributed by atoms with Crippen LogP contribution in [0.4, 0.5) is 0 Å². The Morgan fingerprint density at radius 3 is 2.55 bits per heavy atom. The van der Waals surface area contributed by atoms with E-state index in [1.54, 1.807) is 24.3 Å². The van der Waals surface area contributed by atoms with Crippen molar-refractivity contribution in [2.45, 2.75) is 25.3 Å². The molecule has 2 rings (SSSR count). The summed E-state index contributed by atoms with van der Waals surface area (Å²) in [5, 5.41) is 5.93. The van der Waals surface area contributed by atoms with Gasteiger partial charge < -0.3 is 10.6 Å². The summed E-state index contributed by atoms with van der Waals surface area (Å²) in [6.45, 7) is 0.454. The monoisotopic (exact) mass is 294 g/mol. The number of hydrogen-bond donors (Lipinski definition) is 2. The van der Waals surface area contributed by atoms with Crippen LogP contribution >= 0.6 is 11.6 Å². The summed E-state index contributed by atoms with van der Waals surface area (Å²) in [6.07, 6.45) is 0.560. The van der Waals surface area contributed by atoms with Crippen molar-refractivity contribution in [2.24, 2.45) is 0 Å². The molecule has 1 aromatic rings. The van der Waals surface area contributed by atoms with Crippen LogP contribution in [0.25, 0.3) is 0 Å². The van der Waals surface area contributed by atoms with Gasteiger partial charge in [-0.1, -0.05) is 11.6 Å². The third-order valence-electron chi connectivity index (χ3n) is 3.09. The highest BCUT2D eigenvalue weighted by Gasteiger charge is 2.22. The van der Waals surface area contributed by atoms with E-state index in [0.717, 1.165) is 0 Å². The zero-order valence-corrected chi connectivity index (χ0v) is 11.6. The molecule has 0 bridgehead atoms. The molecule has 0 aliphatic carbocycles. The van der Waals surface area contributed by atoms with Crippen molar-refractivity contribution in [3.05, 3.63) is 34.9 Å². The highest BCUT2D eigenvalue weighted by molar-refractivity contribution is 6.30. The highest BCUT2D eigenvalue weighted by atomic mass is 35.5. The normalized spacial score (nSPS) is 17.6. The average Bonchev–Trinajstić information content (AvgIpc) is 2.82. The Kier molecular flexibility index (Phi) is 4.74.